The Kier molecular flexibility index (Phi) is 9.90. The summed E-state index contributed by atoms with van der Waals surface area (Å²) in [5.74, 6) is 0. The maximum atomic E-state index is 2.50. The lowest BCUT2D eigenvalue weighted by atomic mass is 10.1. The van der Waals surface area contributed by atoms with Crippen molar-refractivity contribution in [2.24, 2.45) is 0 Å². The van der Waals surface area contributed by atoms with Crippen molar-refractivity contribution in [3.05, 3.63) is 70.4 Å². The van der Waals surface area contributed by atoms with E-state index < -0.39 is 0 Å². The Morgan fingerprint density at radius 3 is 1.59 bits per heavy atom. The van der Waals surface area contributed by atoms with Crippen LogP contribution in [0.2, 0.25) is 0 Å². The van der Waals surface area contributed by atoms with Gasteiger partial charge >= 0.3 is 0 Å². The number of aryl methyl sites for hydroxylation is 2. The van der Waals surface area contributed by atoms with Crippen molar-refractivity contribution in [3.63, 3.8) is 0 Å². The molecule has 0 saturated carbocycles. The van der Waals surface area contributed by atoms with Crippen LogP contribution in [-0.4, -0.2) is 0 Å². The monoisotopic (exact) mass is 580 g/mol. The van der Waals surface area contributed by atoms with Gasteiger partial charge < -0.3 is 0 Å². The van der Waals surface area contributed by atoms with Crippen LogP contribution >= 0.6 is 56.7 Å². The molecule has 0 nitrogen and oxygen atoms in total. The molecular formula is C32H36S5. The van der Waals surface area contributed by atoms with E-state index in [1.54, 1.807) is 11.1 Å². The van der Waals surface area contributed by atoms with Crippen LogP contribution in [0, 0.1) is 0 Å². The van der Waals surface area contributed by atoms with Crippen LogP contribution in [0.4, 0.5) is 0 Å². The molecule has 5 heteroatoms. The molecule has 0 aliphatic carbocycles. The largest absolute Gasteiger partial charge is 0.143 e. The number of hydrogen-bond donors (Lipinski definition) is 0. The summed E-state index contributed by atoms with van der Waals surface area (Å²) < 4.78 is 0. The van der Waals surface area contributed by atoms with Crippen LogP contribution < -0.4 is 0 Å². The Hall–Kier alpha value is -1.50. The normalized spacial score (nSPS) is 11.5. The molecule has 5 aromatic heterocycles. The standard InChI is InChI=1S/C32H36S5/c1-3-5-7-9-13-23-22-30(37-31(23)27-16-12-20-34-27)26-17-18-28(35-26)32-24(14-10-8-6-4-2)21-29(36-32)25-15-11-19-33-25/h11-12,15-22H,3-10,13-14H2,1-2H3. The molecule has 0 aromatic carbocycles. The van der Waals surface area contributed by atoms with Crippen LogP contribution in [0.5, 0.6) is 0 Å². The lowest BCUT2D eigenvalue weighted by molar-refractivity contribution is 0.668. The van der Waals surface area contributed by atoms with Crippen molar-refractivity contribution < 1.29 is 0 Å². The molecule has 37 heavy (non-hydrogen) atoms. The molecule has 5 rings (SSSR count). The highest BCUT2D eigenvalue weighted by Gasteiger charge is 2.18. The van der Waals surface area contributed by atoms with Crippen LogP contribution in [-0.2, 0) is 12.8 Å². The summed E-state index contributed by atoms with van der Waals surface area (Å²) in [7, 11) is 0. The first-order chi connectivity index (χ1) is 18.3. The van der Waals surface area contributed by atoms with E-state index in [1.807, 2.05) is 56.7 Å². The van der Waals surface area contributed by atoms with Gasteiger partial charge in [0.1, 0.15) is 0 Å². The minimum atomic E-state index is 1.19. The fourth-order valence-electron chi connectivity index (χ4n) is 4.79. The lowest BCUT2D eigenvalue weighted by Gasteiger charge is -2.02. The third-order valence-corrected chi connectivity index (χ3v) is 12.7. The van der Waals surface area contributed by atoms with Gasteiger partial charge in [-0.05, 0) is 84.0 Å². The van der Waals surface area contributed by atoms with E-state index in [0.29, 0.717) is 0 Å². The highest BCUT2D eigenvalue weighted by molar-refractivity contribution is 7.29. The highest BCUT2D eigenvalue weighted by Crippen LogP contribution is 2.47. The second-order valence-electron chi connectivity index (χ2n) is 9.67. The maximum absolute atomic E-state index is 2.50. The fourth-order valence-corrected chi connectivity index (χ4v) is 10.2. The van der Waals surface area contributed by atoms with E-state index in [1.165, 1.54) is 103 Å². The van der Waals surface area contributed by atoms with Gasteiger partial charge in [-0.3, -0.25) is 0 Å². The Labute approximate surface area is 242 Å². The van der Waals surface area contributed by atoms with Gasteiger partial charge in [-0.25, -0.2) is 0 Å². The molecule has 0 bridgehead atoms. The molecule has 0 amide bonds. The van der Waals surface area contributed by atoms with Crippen molar-refractivity contribution >= 4 is 56.7 Å². The minimum absolute atomic E-state index is 1.19. The zero-order chi connectivity index (χ0) is 25.5. The molecule has 0 fully saturated rings. The van der Waals surface area contributed by atoms with Crippen molar-refractivity contribution in [1.29, 1.82) is 0 Å². The first kappa shape index (κ1) is 27.1. The average molecular weight is 581 g/mol. The lowest BCUT2D eigenvalue weighted by Crippen LogP contribution is -1.85. The third kappa shape index (κ3) is 6.75. The first-order valence-corrected chi connectivity index (χ1v) is 17.9. The van der Waals surface area contributed by atoms with Gasteiger partial charge in [-0.2, -0.15) is 0 Å². The van der Waals surface area contributed by atoms with E-state index in [0.717, 1.165) is 0 Å². The number of rotatable bonds is 14. The molecule has 0 saturated heterocycles. The SMILES string of the molecule is CCCCCCc1cc(-c2ccc(-c3sc(-c4cccs4)cc3CCCCCC)s2)sc1-c1cccs1. The smallest absolute Gasteiger partial charge is 0.0481 e. The Bertz CT molecular complexity index is 1340. The van der Waals surface area contributed by atoms with Crippen molar-refractivity contribution in [3.8, 4) is 39.0 Å². The van der Waals surface area contributed by atoms with Crippen molar-refractivity contribution in [2.75, 3.05) is 0 Å². The molecule has 194 valence electrons. The average Bonchev–Trinajstić information content (AvgIpc) is 3.73. The Balaban J connectivity index is 1.43. The van der Waals surface area contributed by atoms with E-state index in [2.05, 4.69) is 73.1 Å². The Morgan fingerprint density at radius 1 is 0.486 bits per heavy atom. The first-order valence-electron chi connectivity index (χ1n) is 13.7. The molecule has 0 unspecified atom stereocenters. The number of unbranched alkanes of at least 4 members (excludes halogenated alkanes) is 6. The molecule has 0 atom stereocenters. The summed E-state index contributed by atoms with van der Waals surface area (Å²) in [5, 5.41) is 4.41. The quantitative estimate of drug-likeness (QED) is 0.115. The molecule has 0 radical (unpaired) electrons. The van der Waals surface area contributed by atoms with Gasteiger partial charge in [-0.15, -0.1) is 56.7 Å². The predicted octanol–water partition coefficient (Wildman–Crippen LogP) is 12.9. The predicted molar refractivity (Wildman–Crippen MR) is 173 cm³/mol. The van der Waals surface area contributed by atoms with Crippen LogP contribution in [0.25, 0.3) is 39.0 Å². The summed E-state index contributed by atoms with van der Waals surface area (Å²) in [6.45, 7) is 4.59. The van der Waals surface area contributed by atoms with Crippen molar-refractivity contribution in [1.82, 2.24) is 0 Å². The van der Waals surface area contributed by atoms with Crippen LogP contribution in [0.1, 0.15) is 76.3 Å². The van der Waals surface area contributed by atoms with Crippen molar-refractivity contribution in [2.45, 2.75) is 78.1 Å². The molecule has 0 spiro atoms. The summed E-state index contributed by atoms with van der Waals surface area (Å²) in [6.07, 6.45) is 12.9. The van der Waals surface area contributed by atoms with Gasteiger partial charge in [-0.1, -0.05) is 64.5 Å². The summed E-state index contributed by atoms with van der Waals surface area (Å²) in [6, 6.07) is 18.6. The van der Waals surface area contributed by atoms with Gasteiger partial charge in [0.15, 0.2) is 0 Å². The van der Waals surface area contributed by atoms with E-state index >= 15 is 0 Å². The summed E-state index contributed by atoms with van der Waals surface area (Å²) in [4.78, 5) is 11.5. The highest BCUT2D eigenvalue weighted by atomic mass is 32.1. The van der Waals surface area contributed by atoms with E-state index in [9.17, 15) is 0 Å². The molecule has 5 aromatic rings. The third-order valence-electron chi connectivity index (χ3n) is 6.80. The molecule has 5 heterocycles. The van der Waals surface area contributed by atoms with Crippen LogP contribution in [0.15, 0.2) is 59.3 Å². The van der Waals surface area contributed by atoms with Gasteiger partial charge in [0, 0.05) is 39.0 Å². The Morgan fingerprint density at radius 2 is 1.03 bits per heavy atom. The maximum Gasteiger partial charge on any atom is 0.0481 e. The molecule has 0 aliphatic heterocycles. The second kappa shape index (κ2) is 13.5. The molecular weight excluding hydrogens is 545 g/mol. The van der Waals surface area contributed by atoms with E-state index in [-0.39, 0.29) is 0 Å². The molecule has 0 N–H and O–H groups in total. The summed E-state index contributed by atoms with van der Waals surface area (Å²) in [5.41, 5.74) is 3.08. The zero-order valence-corrected chi connectivity index (χ0v) is 26.0. The molecule has 0 aliphatic rings. The van der Waals surface area contributed by atoms with Gasteiger partial charge in [0.05, 0.1) is 0 Å². The fraction of sp³-hybridized carbons (Fsp3) is 0.375. The van der Waals surface area contributed by atoms with Gasteiger partial charge in [0.2, 0.25) is 0 Å². The summed E-state index contributed by atoms with van der Waals surface area (Å²) >= 11 is 9.70. The number of thiophene rings is 5. The zero-order valence-electron chi connectivity index (χ0n) is 21.9. The second-order valence-corrected chi connectivity index (χ2v) is 14.8. The topological polar surface area (TPSA) is 0 Å². The minimum Gasteiger partial charge on any atom is -0.143 e. The van der Waals surface area contributed by atoms with Crippen LogP contribution in [0.3, 0.4) is 0 Å². The number of hydrogen-bond acceptors (Lipinski definition) is 5. The van der Waals surface area contributed by atoms with E-state index in [4.69, 9.17) is 0 Å². The van der Waals surface area contributed by atoms with Gasteiger partial charge in [0.25, 0.3) is 0 Å².